The SMILES string of the molecule is [N-]=[N+]=NCC(=O)N[C@H]1[C@@H](O)[C@H](O)[C@H](CO)O[C@H]1O. The van der Waals surface area contributed by atoms with Crippen LogP contribution in [0, 0.1) is 0 Å². The van der Waals surface area contributed by atoms with E-state index in [9.17, 15) is 20.1 Å². The Labute approximate surface area is 101 Å². The van der Waals surface area contributed by atoms with Gasteiger partial charge in [-0.05, 0) is 5.53 Å². The Morgan fingerprint density at radius 2 is 2.06 bits per heavy atom. The zero-order chi connectivity index (χ0) is 13.7. The van der Waals surface area contributed by atoms with Crippen molar-refractivity contribution in [1.29, 1.82) is 0 Å². The van der Waals surface area contributed by atoms with Gasteiger partial charge in [-0.25, -0.2) is 0 Å². The van der Waals surface area contributed by atoms with Crippen molar-refractivity contribution in [3.63, 3.8) is 0 Å². The molecule has 1 amide bonds. The van der Waals surface area contributed by atoms with Gasteiger partial charge in [0.2, 0.25) is 5.91 Å². The summed E-state index contributed by atoms with van der Waals surface area (Å²) in [5, 5.41) is 42.7. The number of amides is 1. The number of hydrogen-bond donors (Lipinski definition) is 5. The Balaban J connectivity index is 2.64. The monoisotopic (exact) mass is 262 g/mol. The van der Waals surface area contributed by atoms with Crippen molar-refractivity contribution in [3.8, 4) is 0 Å². The van der Waals surface area contributed by atoms with Crippen LogP contribution in [0.1, 0.15) is 0 Å². The molecule has 1 saturated heterocycles. The van der Waals surface area contributed by atoms with Crippen molar-refractivity contribution in [1.82, 2.24) is 5.32 Å². The number of carbonyl (C=O) groups is 1. The van der Waals surface area contributed by atoms with E-state index in [1.54, 1.807) is 0 Å². The third kappa shape index (κ3) is 3.29. The van der Waals surface area contributed by atoms with Gasteiger partial charge >= 0.3 is 0 Å². The standard InChI is InChI=1S/C8H14N4O6/c9-12-10-1-4(14)11-5-7(16)6(15)3(2-13)18-8(5)17/h3,5-8,13,15-17H,1-2H2,(H,11,14)/t3-,5-,6+,7+,8+/m0/s1. The number of rotatable bonds is 4. The number of nitrogens with zero attached hydrogens (tertiary/aromatic N) is 3. The van der Waals surface area contributed by atoms with Crippen LogP contribution < -0.4 is 5.32 Å². The minimum absolute atomic E-state index is 0.508. The molecule has 0 aromatic rings. The second-order valence-electron chi connectivity index (χ2n) is 3.71. The van der Waals surface area contributed by atoms with E-state index in [1.807, 2.05) is 0 Å². The molecule has 102 valence electrons. The number of azide groups is 1. The van der Waals surface area contributed by atoms with Crippen molar-refractivity contribution in [2.75, 3.05) is 13.2 Å². The smallest absolute Gasteiger partial charge is 0.226 e. The normalized spacial score (nSPS) is 35.7. The van der Waals surface area contributed by atoms with Gasteiger partial charge in [0.25, 0.3) is 0 Å². The molecule has 18 heavy (non-hydrogen) atoms. The molecule has 1 aliphatic heterocycles. The number of ether oxygens (including phenoxy) is 1. The van der Waals surface area contributed by atoms with Crippen LogP contribution in [0.25, 0.3) is 10.4 Å². The molecule has 10 nitrogen and oxygen atoms in total. The predicted molar refractivity (Wildman–Crippen MR) is 55.9 cm³/mol. The second-order valence-corrected chi connectivity index (χ2v) is 3.71. The highest BCUT2D eigenvalue weighted by atomic mass is 16.6. The van der Waals surface area contributed by atoms with Crippen LogP contribution in [-0.2, 0) is 9.53 Å². The van der Waals surface area contributed by atoms with E-state index in [4.69, 9.17) is 15.4 Å². The fourth-order valence-corrected chi connectivity index (χ4v) is 1.58. The van der Waals surface area contributed by atoms with Crippen LogP contribution in [0.4, 0.5) is 0 Å². The maximum atomic E-state index is 11.2. The lowest BCUT2D eigenvalue weighted by Crippen LogP contribution is -2.64. The average Bonchev–Trinajstić information content (AvgIpc) is 2.36. The Morgan fingerprint density at radius 1 is 1.39 bits per heavy atom. The van der Waals surface area contributed by atoms with Gasteiger partial charge in [-0.1, -0.05) is 5.11 Å². The molecule has 0 aromatic heterocycles. The molecular formula is C8H14N4O6. The lowest BCUT2D eigenvalue weighted by molar-refractivity contribution is -0.253. The molecule has 0 radical (unpaired) electrons. The van der Waals surface area contributed by atoms with Crippen LogP contribution in [0.15, 0.2) is 5.11 Å². The zero-order valence-corrected chi connectivity index (χ0v) is 9.25. The van der Waals surface area contributed by atoms with Crippen molar-refractivity contribution >= 4 is 5.91 Å². The summed E-state index contributed by atoms with van der Waals surface area (Å²) in [7, 11) is 0. The molecule has 1 fully saturated rings. The number of aliphatic hydroxyl groups excluding tert-OH is 4. The van der Waals surface area contributed by atoms with E-state index >= 15 is 0 Å². The van der Waals surface area contributed by atoms with E-state index in [2.05, 4.69) is 15.3 Å². The molecule has 1 heterocycles. The third-order valence-electron chi connectivity index (χ3n) is 2.51. The largest absolute Gasteiger partial charge is 0.394 e. The molecule has 0 spiro atoms. The molecule has 0 aliphatic carbocycles. The van der Waals surface area contributed by atoms with Crippen LogP contribution in [-0.4, -0.2) is 70.1 Å². The Bertz CT molecular complexity index is 346. The summed E-state index contributed by atoms with van der Waals surface area (Å²) in [6.07, 6.45) is -5.69. The predicted octanol–water partition coefficient (Wildman–Crippen LogP) is -2.79. The second kappa shape index (κ2) is 6.50. The summed E-state index contributed by atoms with van der Waals surface area (Å²) in [4.78, 5) is 13.6. The number of nitrogens with one attached hydrogen (secondary N) is 1. The molecule has 5 atom stereocenters. The molecule has 5 N–H and O–H groups in total. The first kappa shape index (κ1) is 14.6. The molecule has 1 aliphatic rings. The van der Waals surface area contributed by atoms with Crippen LogP contribution in [0.5, 0.6) is 0 Å². The van der Waals surface area contributed by atoms with Crippen molar-refractivity contribution in [3.05, 3.63) is 10.4 Å². The first-order valence-electron chi connectivity index (χ1n) is 5.12. The summed E-state index contributed by atoms with van der Waals surface area (Å²) in [6, 6.07) is -1.27. The van der Waals surface area contributed by atoms with Gasteiger partial charge in [-0.3, -0.25) is 4.79 Å². The van der Waals surface area contributed by atoms with E-state index in [0.29, 0.717) is 0 Å². The average molecular weight is 262 g/mol. The minimum atomic E-state index is -1.59. The highest BCUT2D eigenvalue weighted by Crippen LogP contribution is 2.19. The van der Waals surface area contributed by atoms with Gasteiger partial charge in [-0.2, -0.15) is 0 Å². The zero-order valence-electron chi connectivity index (χ0n) is 9.25. The Hall–Kier alpha value is -1.42. The molecule has 0 aromatic carbocycles. The van der Waals surface area contributed by atoms with Crippen LogP contribution in [0.3, 0.4) is 0 Å². The summed E-state index contributed by atoms with van der Waals surface area (Å²) in [5.41, 5.74) is 8.02. The van der Waals surface area contributed by atoms with E-state index in [-0.39, 0.29) is 0 Å². The van der Waals surface area contributed by atoms with Gasteiger partial charge in [0.15, 0.2) is 6.29 Å². The first-order chi connectivity index (χ1) is 8.51. The number of aliphatic hydroxyl groups is 4. The maximum Gasteiger partial charge on any atom is 0.226 e. The third-order valence-corrected chi connectivity index (χ3v) is 2.51. The fraction of sp³-hybridized carbons (Fsp3) is 0.875. The molecule has 0 bridgehead atoms. The van der Waals surface area contributed by atoms with Gasteiger partial charge < -0.3 is 30.5 Å². The molecular weight excluding hydrogens is 248 g/mol. The van der Waals surface area contributed by atoms with Crippen molar-refractivity contribution in [2.24, 2.45) is 5.11 Å². The topological polar surface area (TPSA) is 168 Å². The van der Waals surface area contributed by atoms with E-state index in [1.165, 1.54) is 0 Å². The lowest BCUT2D eigenvalue weighted by Gasteiger charge is -2.40. The minimum Gasteiger partial charge on any atom is -0.394 e. The lowest BCUT2D eigenvalue weighted by atomic mass is 9.97. The summed E-state index contributed by atoms with van der Waals surface area (Å²) in [6.45, 7) is -1.10. The summed E-state index contributed by atoms with van der Waals surface area (Å²) in [5.74, 6) is -0.742. The van der Waals surface area contributed by atoms with Crippen molar-refractivity contribution < 1.29 is 30.0 Å². The molecule has 0 unspecified atom stereocenters. The summed E-state index contributed by atoms with van der Waals surface area (Å²) >= 11 is 0. The fourth-order valence-electron chi connectivity index (χ4n) is 1.58. The Kier molecular flexibility index (Phi) is 5.28. The van der Waals surface area contributed by atoms with E-state index in [0.717, 1.165) is 0 Å². The quantitative estimate of drug-likeness (QED) is 0.208. The first-order valence-corrected chi connectivity index (χ1v) is 5.12. The highest BCUT2D eigenvalue weighted by Gasteiger charge is 2.44. The Morgan fingerprint density at radius 3 is 2.61 bits per heavy atom. The van der Waals surface area contributed by atoms with Gasteiger partial charge in [-0.15, -0.1) is 0 Å². The van der Waals surface area contributed by atoms with Crippen LogP contribution >= 0.6 is 0 Å². The van der Waals surface area contributed by atoms with Crippen molar-refractivity contribution in [2.45, 2.75) is 30.6 Å². The van der Waals surface area contributed by atoms with Gasteiger partial charge in [0.05, 0.1) is 6.61 Å². The van der Waals surface area contributed by atoms with E-state index < -0.39 is 49.7 Å². The molecule has 0 saturated carbocycles. The number of hydrogen-bond acceptors (Lipinski definition) is 7. The number of carbonyl (C=O) groups excluding carboxylic acids is 1. The van der Waals surface area contributed by atoms with Gasteiger partial charge in [0.1, 0.15) is 30.9 Å². The highest BCUT2D eigenvalue weighted by molar-refractivity contribution is 5.78. The van der Waals surface area contributed by atoms with Gasteiger partial charge in [0, 0.05) is 4.91 Å². The molecule has 10 heteroatoms. The summed E-state index contributed by atoms with van der Waals surface area (Å²) < 4.78 is 4.81. The maximum absolute atomic E-state index is 11.2. The molecule has 1 rings (SSSR count). The van der Waals surface area contributed by atoms with Crippen LogP contribution in [0.2, 0.25) is 0 Å².